The minimum atomic E-state index is -3.59. The molecule has 1 heterocycles. The van der Waals surface area contributed by atoms with Crippen LogP contribution in [-0.2, 0) is 16.6 Å². The Bertz CT molecular complexity index is 698. The second kappa shape index (κ2) is 5.90. The van der Waals surface area contributed by atoms with E-state index in [2.05, 4.69) is 0 Å². The molecule has 1 aromatic heterocycles. The van der Waals surface area contributed by atoms with E-state index in [4.69, 9.17) is 9.68 Å². The molecule has 20 heavy (non-hydrogen) atoms. The van der Waals surface area contributed by atoms with Crippen molar-refractivity contribution in [3.63, 3.8) is 0 Å². The van der Waals surface area contributed by atoms with E-state index >= 15 is 0 Å². The maximum absolute atomic E-state index is 12.5. The summed E-state index contributed by atoms with van der Waals surface area (Å²) in [4.78, 5) is 0.171. The number of hydrogen-bond donors (Lipinski definition) is 0. The number of rotatable bonds is 5. The van der Waals surface area contributed by atoms with E-state index in [1.807, 2.05) is 6.07 Å². The Labute approximate surface area is 118 Å². The molecule has 104 valence electrons. The summed E-state index contributed by atoms with van der Waals surface area (Å²) in [5.41, 5.74) is 0.429. The lowest BCUT2D eigenvalue weighted by molar-refractivity contribution is 0.375. The summed E-state index contributed by atoms with van der Waals surface area (Å²) in [7, 11) is -3.59. The molecule has 0 aliphatic heterocycles. The lowest BCUT2D eigenvalue weighted by atomic mass is 10.2. The van der Waals surface area contributed by atoms with Gasteiger partial charge in [0, 0.05) is 6.54 Å². The molecule has 0 N–H and O–H groups in total. The largest absolute Gasteiger partial charge is 0.468 e. The standard InChI is InChI=1S/C14H14N2O3S/c1-2-16(11-13-4-3-9-19-13)20(17,18)14-7-5-12(10-15)6-8-14/h3-9H,2,11H2,1H3. The molecule has 6 heteroatoms. The molecule has 1 aromatic carbocycles. The van der Waals surface area contributed by atoms with Gasteiger partial charge in [-0.2, -0.15) is 9.57 Å². The van der Waals surface area contributed by atoms with E-state index in [1.54, 1.807) is 19.1 Å². The van der Waals surface area contributed by atoms with Crippen LogP contribution in [0.25, 0.3) is 0 Å². The molecule has 0 aliphatic carbocycles. The van der Waals surface area contributed by atoms with Crippen molar-refractivity contribution in [3.8, 4) is 6.07 Å². The molecule has 0 radical (unpaired) electrons. The number of benzene rings is 1. The fraction of sp³-hybridized carbons (Fsp3) is 0.214. The third-order valence-electron chi connectivity index (χ3n) is 2.89. The third-order valence-corrected chi connectivity index (χ3v) is 4.82. The van der Waals surface area contributed by atoms with Gasteiger partial charge in [0.05, 0.1) is 29.3 Å². The average Bonchev–Trinajstić information content (AvgIpc) is 2.97. The summed E-state index contributed by atoms with van der Waals surface area (Å²) in [6, 6.07) is 11.3. The van der Waals surface area contributed by atoms with E-state index in [0.717, 1.165) is 0 Å². The molecule has 0 amide bonds. The quantitative estimate of drug-likeness (QED) is 0.847. The molecule has 0 bridgehead atoms. The Morgan fingerprint density at radius 3 is 2.45 bits per heavy atom. The van der Waals surface area contributed by atoms with Crippen LogP contribution in [0.3, 0.4) is 0 Å². The summed E-state index contributed by atoms with van der Waals surface area (Å²) in [6.07, 6.45) is 1.51. The van der Waals surface area contributed by atoms with Crippen molar-refractivity contribution in [2.24, 2.45) is 0 Å². The van der Waals surface area contributed by atoms with Crippen LogP contribution in [-0.4, -0.2) is 19.3 Å². The molecule has 0 spiro atoms. The van der Waals surface area contributed by atoms with Crippen molar-refractivity contribution in [1.29, 1.82) is 5.26 Å². The monoisotopic (exact) mass is 290 g/mol. The van der Waals surface area contributed by atoms with Gasteiger partial charge in [-0.15, -0.1) is 0 Å². The van der Waals surface area contributed by atoms with Gasteiger partial charge in [-0.25, -0.2) is 8.42 Å². The first kappa shape index (κ1) is 14.3. The van der Waals surface area contributed by atoms with Crippen molar-refractivity contribution in [2.75, 3.05) is 6.54 Å². The van der Waals surface area contributed by atoms with Crippen LogP contribution in [0.4, 0.5) is 0 Å². The molecule has 0 saturated carbocycles. The second-order valence-corrected chi connectivity index (χ2v) is 6.08. The van der Waals surface area contributed by atoms with Crippen LogP contribution >= 0.6 is 0 Å². The minimum absolute atomic E-state index is 0.171. The van der Waals surface area contributed by atoms with E-state index in [1.165, 1.54) is 34.8 Å². The van der Waals surface area contributed by atoms with Gasteiger partial charge < -0.3 is 4.42 Å². The van der Waals surface area contributed by atoms with E-state index in [-0.39, 0.29) is 11.4 Å². The van der Waals surface area contributed by atoms with E-state index in [0.29, 0.717) is 17.9 Å². The lowest BCUT2D eigenvalue weighted by Gasteiger charge is -2.19. The van der Waals surface area contributed by atoms with E-state index < -0.39 is 10.0 Å². The van der Waals surface area contributed by atoms with Crippen molar-refractivity contribution >= 4 is 10.0 Å². The molecular formula is C14H14N2O3S. The highest BCUT2D eigenvalue weighted by molar-refractivity contribution is 7.89. The Kier molecular flexibility index (Phi) is 4.23. The Balaban J connectivity index is 2.29. The zero-order valence-electron chi connectivity index (χ0n) is 11.0. The highest BCUT2D eigenvalue weighted by Gasteiger charge is 2.23. The van der Waals surface area contributed by atoms with Gasteiger partial charge in [0.15, 0.2) is 0 Å². The molecule has 0 fully saturated rings. The normalized spacial score (nSPS) is 11.4. The van der Waals surface area contributed by atoms with Crippen molar-refractivity contribution < 1.29 is 12.8 Å². The first-order valence-electron chi connectivity index (χ1n) is 6.10. The number of nitriles is 1. The number of nitrogens with zero attached hydrogens (tertiary/aromatic N) is 2. The molecule has 2 aromatic rings. The van der Waals surface area contributed by atoms with Crippen LogP contribution in [0.15, 0.2) is 52.0 Å². The number of furan rings is 1. The fourth-order valence-electron chi connectivity index (χ4n) is 1.79. The maximum Gasteiger partial charge on any atom is 0.243 e. The second-order valence-electron chi connectivity index (χ2n) is 4.15. The summed E-state index contributed by atoms with van der Waals surface area (Å²) in [6.45, 7) is 2.29. The zero-order chi connectivity index (χ0) is 14.6. The highest BCUT2D eigenvalue weighted by atomic mass is 32.2. The first-order chi connectivity index (χ1) is 9.57. The Morgan fingerprint density at radius 1 is 1.25 bits per heavy atom. The summed E-state index contributed by atoms with van der Waals surface area (Å²) >= 11 is 0. The average molecular weight is 290 g/mol. The highest BCUT2D eigenvalue weighted by Crippen LogP contribution is 2.18. The fourth-order valence-corrected chi connectivity index (χ4v) is 3.21. The molecule has 0 aliphatic rings. The Hall–Kier alpha value is -2.10. The van der Waals surface area contributed by atoms with Gasteiger partial charge in [-0.1, -0.05) is 6.92 Å². The van der Waals surface area contributed by atoms with Gasteiger partial charge in [0.25, 0.3) is 0 Å². The summed E-state index contributed by atoms with van der Waals surface area (Å²) in [5.74, 6) is 0.587. The van der Waals surface area contributed by atoms with Crippen LogP contribution < -0.4 is 0 Å². The van der Waals surface area contributed by atoms with Gasteiger partial charge in [-0.05, 0) is 36.4 Å². The topological polar surface area (TPSA) is 74.3 Å². The van der Waals surface area contributed by atoms with Gasteiger partial charge in [0.2, 0.25) is 10.0 Å². The SMILES string of the molecule is CCN(Cc1ccco1)S(=O)(=O)c1ccc(C#N)cc1. The molecule has 5 nitrogen and oxygen atoms in total. The van der Waals surface area contributed by atoms with Crippen molar-refractivity contribution in [1.82, 2.24) is 4.31 Å². The van der Waals surface area contributed by atoms with Crippen LogP contribution in [0, 0.1) is 11.3 Å². The van der Waals surface area contributed by atoms with Crippen LogP contribution in [0.2, 0.25) is 0 Å². The predicted octanol–water partition coefficient (Wildman–Crippen LogP) is 2.36. The summed E-state index contributed by atoms with van der Waals surface area (Å²) < 4.78 is 31.5. The molecule has 0 saturated heterocycles. The third kappa shape index (κ3) is 2.90. The van der Waals surface area contributed by atoms with Gasteiger partial charge >= 0.3 is 0 Å². The minimum Gasteiger partial charge on any atom is -0.468 e. The van der Waals surface area contributed by atoms with Gasteiger partial charge in [0.1, 0.15) is 5.76 Å². The van der Waals surface area contributed by atoms with Crippen LogP contribution in [0.1, 0.15) is 18.2 Å². The lowest BCUT2D eigenvalue weighted by Crippen LogP contribution is -2.30. The van der Waals surface area contributed by atoms with Crippen molar-refractivity contribution in [3.05, 3.63) is 54.0 Å². The summed E-state index contributed by atoms with van der Waals surface area (Å²) in [5, 5.41) is 8.74. The number of hydrogen-bond acceptors (Lipinski definition) is 4. The van der Waals surface area contributed by atoms with E-state index in [9.17, 15) is 8.42 Å². The Morgan fingerprint density at radius 2 is 1.95 bits per heavy atom. The molecule has 2 rings (SSSR count). The smallest absolute Gasteiger partial charge is 0.243 e. The molecular weight excluding hydrogens is 276 g/mol. The van der Waals surface area contributed by atoms with Gasteiger partial charge in [-0.3, -0.25) is 0 Å². The first-order valence-corrected chi connectivity index (χ1v) is 7.54. The number of sulfonamides is 1. The maximum atomic E-state index is 12.5. The molecule has 0 unspecified atom stereocenters. The predicted molar refractivity (Wildman–Crippen MR) is 73.1 cm³/mol. The van der Waals surface area contributed by atoms with Crippen molar-refractivity contribution in [2.45, 2.75) is 18.4 Å². The zero-order valence-corrected chi connectivity index (χ0v) is 11.8. The molecule has 0 atom stereocenters. The van der Waals surface area contributed by atoms with Crippen LogP contribution in [0.5, 0.6) is 0 Å².